The van der Waals surface area contributed by atoms with E-state index in [0.717, 1.165) is 0 Å². The zero-order valence-corrected chi connectivity index (χ0v) is 14.5. The largest absolute Gasteiger partial charge is 0.496 e. The van der Waals surface area contributed by atoms with Crippen LogP contribution in [0.5, 0.6) is 5.75 Å². The molecule has 0 amide bonds. The zero-order chi connectivity index (χ0) is 14.9. The maximum absolute atomic E-state index is 13.8. The fourth-order valence-corrected chi connectivity index (χ4v) is 2.73. The topological polar surface area (TPSA) is 26.3 Å². The molecule has 0 radical (unpaired) electrons. The highest BCUT2D eigenvalue weighted by atomic mass is 127. The molecule has 0 heterocycles. The van der Waals surface area contributed by atoms with E-state index in [1.54, 1.807) is 22.6 Å². The van der Waals surface area contributed by atoms with Gasteiger partial charge in [0.1, 0.15) is 17.4 Å². The summed E-state index contributed by atoms with van der Waals surface area (Å²) in [7, 11) is 1.44. The van der Waals surface area contributed by atoms with Crippen LogP contribution in [0.15, 0.2) is 24.3 Å². The van der Waals surface area contributed by atoms with Crippen LogP contribution in [-0.4, -0.2) is 13.4 Å². The summed E-state index contributed by atoms with van der Waals surface area (Å²) in [6, 6.07) is 5.40. The molecule has 0 aliphatic rings. The second kappa shape index (κ2) is 6.33. The van der Waals surface area contributed by atoms with Gasteiger partial charge in [0.05, 0.1) is 10.7 Å². The number of carbonyl (C=O) groups excluding carboxylic acids is 1. The minimum atomic E-state index is -0.466. The number of hydrogen-bond donors (Lipinski definition) is 0. The highest BCUT2D eigenvalue weighted by Crippen LogP contribution is 2.35. The lowest BCUT2D eigenvalue weighted by molar-refractivity contribution is 0.112. The third-order valence-corrected chi connectivity index (χ3v) is 4.41. The van der Waals surface area contributed by atoms with Crippen molar-refractivity contribution in [1.29, 1.82) is 0 Å². The zero-order valence-electron chi connectivity index (χ0n) is 10.2. The Morgan fingerprint density at radius 2 is 1.55 bits per heavy atom. The van der Waals surface area contributed by atoms with Crippen molar-refractivity contribution >= 4 is 51.5 Å². The number of hydrogen-bond acceptors (Lipinski definition) is 2. The Balaban J connectivity index is 2.76. The van der Waals surface area contributed by atoms with Crippen molar-refractivity contribution in [2.24, 2.45) is 0 Å². The van der Waals surface area contributed by atoms with Crippen LogP contribution in [0.2, 0.25) is 0 Å². The fraction of sp³-hybridized carbons (Fsp3) is 0.0714. The van der Waals surface area contributed by atoms with E-state index in [0.29, 0.717) is 30.3 Å². The Bertz CT molecular complexity index is 687. The smallest absolute Gasteiger partial charge is 0.150 e. The highest BCUT2D eigenvalue weighted by molar-refractivity contribution is 14.1. The van der Waals surface area contributed by atoms with Gasteiger partial charge in [-0.3, -0.25) is 4.79 Å². The Labute approximate surface area is 141 Å². The number of carbonyl (C=O) groups is 1. The maximum atomic E-state index is 13.8. The van der Waals surface area contributed by atoms with Gasteiger partial charge in [0, 0.05) is 14.7 Å². The summed E-state index contributed by atoms with van der Waals surface area (Å²) in [6.07, 6.45) is 0.617. The van der Waals surface area contributed by atoms with E-state index in [-0.39, 0.29) is 5.56 Å². The number of aldehydes is 1. The third-order valence-electron chi connectivity index (χ3n) is 2.75. The second-order valence-corrected chi connectivity index (χ2v) is 6.26. The quantitative estimate of drug-likeness (QED) is 0.453. The normalized spacial score (nSPS) is 10.4. The Hall–Kier alpha value is -0.770. The highest BCUT2D eigenvalue weighted by Gasteiger charge is 2.16. The van der Waals surface area contributed by atoms with Gasteiger partial charge in [-0.1, -0.05) is 0 Å². The molecule has 0 aliphatic carbocycles. The number of ether oxygens (including phenoxy) is 1. The van der Waals surface area contributed by atoms with Crippen LogP contribution in [0.25, 0.3) is 11.1 Å². The van der Waals surface area contributed by atoms with Crippen molar-refractivity contribution in [2.75, 3.05) is 7.11 Å². The van der Waals surface area contributed by atoms with Crippen LogP contribution in [0, 0.1) is 18.8 Å². The van der Waals surface area contributed by atoms with Crippen molar-refractivity contribution in [2.45, 2.75) is 0 Å². The lowest BCUT2D eigenvalue weighted by atomic mass is 9.99. The molecule has 0 bridgehead atoms. The molecule has 0 saturated heterocycles. The lowest BCUT2D eigenvalue weighted by Crippen LogP contribution is -1.97. The maximum Gasteiger partial charge on any atom is 0.150 e. The molecule has 0 N–H and O–H groups in total. The van der Waals surface area contributed by atoms with Crippen molar-refractivity contribution in [1.82, 2.24) is 0 Å². The first-order chi connectivity index (χ1) is 9.47. The standard InChI is InChI=1S/C14H8F2I2O2/c1-20-14-5-13(18)11(16)4-9(14)8-3-10(15)12(17)2-7(8)6-19/h2-6H,1H3. The van der Waals surface area contributed by atoms with Crippen LogP contribution < -0.4 is 4.74 Å². The van der Waals surface area contributed by atoms with E-state index in [9.17, 15) is 13.6 Å². The predicted molar refractivity (Wildman–Crippen MR) is 89.2 cm³/mol. The second-order valence-electron chi connectivity index (χ2n) is 3.94. The molecular weight excluding hydrogens is 492 g/mol. The molecule has 0 spiro atoms. The molecule has 0 aliphatic heterocycles. The Kier molecular flexibility index (Phi) is 4.95. The average Bonchev–Trinajstić information content (AvgIpc) is 2.43. The lowest BCUT2D eigenvalue weighted by Gasteiger charge is -2.12. The van der Waals surface area contributed by atoms with Crippen LogP contribution in [-0.2, 0) is 0 Å². The molecule has 0 unspecified atom stereocenters. The molecule has 6 heteroatoms. The molecule has 104 valence electrons. The summed E-state index contributed by atoms with van der Waals surface area (Å²) >= 11 is 3.64. The Morgan fingerprint density at radius 1 is 1.00 bits per heavy atom. The fourth-order valence-electron chi connectivity index (χ4n) is 1.80. The van der Waals surface area contributed by atoms with E-state index >= 15 is 0 Å². The van der Waals surface area contributed by atoms with Crippen molar-refractivity contribution in [3.05, 3.63) is 48.6 Å². The molecule has 0 saturated carbocycles. The van der Waals surface area contributed by atoms with Gasteiger partial charge in [0.2, 0.25) is 0 Å². The first-order valence-electron chi connectivity index (χ1n) is 5.45. The molecule has 0 atom stereocenters. The molecular formula is C14H8F2I2O2. The summed E-state index contributed by atoms with van der Waals surface area (Å²) in [5.41, 5.74) is 0.947. The van der Waals surface area contributed by atoms with E-state index in [1.807, 2.05) is 22.6 Å². The first-order valence-corrected chi connectivity index (χ1v) is 7.61. The summed E-state index contributed by atoms with van der Waals surface area (Å²) in [5, 5.41) is 0. The third kappa shape index (κ3) is 2.95. The van der Waals surface area contributed by atoms with Crippen molar-refractivity contribution in [3.8, 4) is 16.9 Å². The van der Waals surface area contributed by atoms with Gasteiger partial charge in [-0.15, -0.1) is 0 Å². The Morgan fingerprint density at radius 3 is 2.10 bits per heavy atom. The van der Waals surface area contributed by atoms with Gasteiger partial charge in [0.25, 0.3) is 0 Å². The first kappa shape index (κ1) is 15.6. The average molecular weight is 500 g/mol. The molecule has 2 aromatic carbocycles. The minimum absolute atomic E-state index is 0.287. The van der Waals surface area contributed by atoms with E-state index in [4.69, 9.17) is 4.74 Å². The summed E-state index contributed by atoms with van der Waals surface area (Å²) in [5.74, 6) is -0.524. The molecule has 0 fully saturated rings. The molecule has 0 aromatic heterocycles. The predicted octanol–water partition coefficient (Wildman–Crippen LogP) is 4.66. The summed E-state index contributed by atoms with van der Waals surface area (Å²) < 4.78 is 33.4. The number of halogens is 4. The number of methoxy groups -OCH3 is 1. The van der Waals surface area contributed by atoms with Crippen molar-refractivity contribution < 1.29 is 18.3 Å². The van der Waals surface area contributed by atoms with Gasteiger partial charge in [-0.05, 0) is 75.0 Å². The molecule has 2 aromatic rings. The minimum Gasteiger partial charge on any atom is -0.496 e. The summed E-state index contributed by atoms with van der Waals surface area (Å²) in [6.45, 7) is 0. The van der Waals surface area contributed by atoms with Crippen molar-refractivity contribution in [3.63, 3.8) is 0 Å². The van der Waals surface area contributed by atoms with E-state index < -0.39 is 11.6 Å². The van der Waals surface area contributed by atoms with Crippen LogP contribution in [0.3, 0.4) is 0 Å². The summed E-state index contributed by atoms with van der Waals surface area (Å²) in [4.78, 5) is 11.2. The number of benzene rings is 2. The SMILES string of the molecule is COc1cc(I)c(F)cc1-c1cc(F)c(I)cc1C=O. The number of rotatable bonds is 3. The molecule has 2 nitrogen and oxygen atoms in total. The van der Waals surface area contributed by atoms with Crippen LogP contribution >= 0.6 is 45.2 Å². The van der Waals surface area contributed by atoms with Gasteiger partial charge >= 0.3 is 0 Å². The van der Waals surface area contributed by atoms with Crippen LogP contribution in [0.1, 0.15) is 10.4 Å². The van der Waals surface area contributed by atoms with Gasteiger partial charge < -0.3 is 4.74 Å². The molecule has 2 rings (SSSR count). The van der Waals surface area contributed by atoms with Gasteiger partial charge in [0.15, 0.2) is 6.29 Å². The van der Waals surface area contributed by atoms with Gasteiger partial charge in [-0.25, -0.2) is 8.78 Å². The molecule has 20 heavy (non-hydrogen) atoms. The van der Waals surface area contributed by atoms with E-state index in [1.165, 1.54) is 31.4 Å². The van der Waals surface area contributed by atoms with Gasteiger partial charge in [-0.2, -0.15) is 0 Å². The van der Waals surface area contributed by atoms with Crippen LogP contribution in [0.4, 0.5) is 8.78 Å². The monoisotopic (exact) mass is 500 g/mol. The van der Waals surface area contributed by atoms with E-state index in [2.05, 4.69) is 0 Å².